The summed E-state index contributed by atoms with van der Waals surface area (Å²) in [4.78, 5) is 23.9. The second kappa shape index (κ2) is 6.91. The molecule has 2 aromatic carbocycles. The standard InChI is InChI=1S/C17H18N2O4/c1-12-4-9-16(15(10-12)19(21)22)23-11-13-5-7-14(8-6-13)17(20)18(2)3/h4-10H,11H2,1-3H3. The van der Waals surface area contributed by atoms with Gasteiger partial charge in [-0.3, -0.25) is 14.9 Å². The van der Waals surface area contributed by atoms with Crippen molar-refractivity contribution in [2.24, 2.45) is 0 Å². The predicted octanol–water partition coefficient (Wildman–Crippen LogP) is 3.18. The first-order valence-electron chi connectivity index (χ1n) is 7.07. The fourth-order valence-corrected chi connectivity index (χ4v) is 2.05. The normalized spacial score (nSPS) is 10.2. The average molecular weight is 314 g/mol. The molecular formula is C17H18N2O4. The van der Waals surface area contributed by atoms with Crippen LogP contribution < -0.4 is 4.74 Å². The molecule has 6 heteroatoms. The van der Waals surface area contributed by atoms with Crippen molar-refractivity contribution in [3.8, 4) is 5.75 Å². The Morgan fingerprint density at radius 3 is 2.39 bits per heavy atom. The summed E-state index contributed by atoms with van der Waals surface area (Å²) in [5.41, 5.74) is 2.16. The van der Waals surface area contributed by atoms with E-state index in [-0.39, 0.29) is 24.0 Å². The molecule has 0 atom stereocenters. The molecule has 0 radical (unpaired) electrons. The number of hydrogen-bond acceptors (Lipinski definition) is 4. The van der Waals surface area contributed by atoms with Crippen LogP contribution in [0, 0.1) is 17.0 Å². The van der Waals surface area contributed by atoms with Crippen molar-refractivity contribution in [2.75, 3.05) is 14.1 Å². The van der Waals surface area contributed by atoms with Crippen molar-refractivity contribution < 1.29 is 14.5 Å². The number of benzene rings is 2. The molecule has 0 aromatic heterocycles. The third kappa shape index (κ3) is 4.06. The fourth-order valence-electron chi connectivity index (χ4n) is 2.05. The molecule has 23 heavy (non-hydrogen) atoms. The second-order valence-corrected chi connectivity index (χ2v) is 5.41. The fraction of sp³-hybridized carbons (Fsp3) is 0.235. The lowest BCUT2D eigenvalue weighted by Gasteiger charge is -2.11. The zero-order chi connectivity index (χ0) is 17.0. The van der Waals surface area contributed by atoms with E-state index in [0.29, 0.717) is 5.56 Å². The summed E-state index contributed by atoms with van der Waals surface area (Å²) in [6.07, 6.45) is 0. The van der Waals surface area contributed by atoms with Gasteiger partial charge in [0.05, 0.1) is 4.92 Å². The molecule has 0 aliphatic heterocycles. The number of nitro groups is 1. The molecule has 120 valence electrons. The number of ether oxygens (including phenoxy) is 1. The van der Waals surface area contributed by atoms with Crippen LogP contribution in [0.3, 0.4) is 0 Å². The molecule has 2 rings (SSSR count). The quantitative estimate of drug-likeness (QED) is 0.627. The third-order valence-electron chi connectivity index (χ3n) is 3.31. The maximum absolute atomic E-state index is 11.8. The molecule has 0 spiro atoms. The summed E-state index contributed by atoms with van der Waals surface area (Å²) >= 11 is 0. The molecule has 6 nitrogen and oxygen atoms in total. The number of nitro benzene ring substituents is 1. The van der Waals surface area contributed by atoms with E-state index in [9.17, 15) is 14.9 Å². The minimum Gasteiger partial charge on any atom is -0.482 e. The molecule has 0 N–H and O–H groups in total. The summed E-state index contributed by atoms with van der Waals surface area (Å²) in [6.45, 7) is 1.98. The Bertz CT molecular complexity index is 724. The first kappa shape index (κ1) is 16.5. The number of carbonyl (C=O) groups is 1. The van der Waals surface area contributed by atoms with Crippen LogP contribution in [-0.2, 0) is 6.61 Å². The van der Waals surface area contributed by atoms with Crippen molar-refractivity contribution in [1.29, 1.82) is 0 Å². The Labute approximate surface area is 134 Å². The van der Waals surface area contributed by atoms with Gasteiger partial charge in [0.2, 0.25) is 0 Å². The molecule has 1 amide bonds. The number of nitrogens with zero attached hydrogens (tertiary/aromatic N) is 2. The predicted molar refractivity (Wildman–Crippen MR) is 86.6 cm³/mol. The highest BCUT2D eigenvalue weighted by molar-refractivity contribution is 5.93. The summed E-state index contributed by atoms with van der Waals surface area (Å²) in [7, 11) is 3.38. The van der Waals surface area contributed by atoms with Crippen LogP contribution in [0.5, 0.6) is 5.75 Å². The Hall–Kier alpha value is -2.89. The first-order chi connectivity index (χ1) is 10.9. The maximum atomic E-state index is 11.8. The van der Waals surface area contributed by atoms with Crippen LogP contribution in [0.25, 0.3) is 0 Å². The Kier molecular flexibility index (Phi) is 4.95. The lowest BCUT2D eigenvalue weighted by Crippen LogP contribution is -2.21. The summed E-state index contributed by atoms with van der Waals surface area (Å²) < 4.78 is 5.55. The van der Waals surface area contributed by atoms with Gasteiger partial charge in [-0.2, -0.15) is 0 Å². The first-order valence-corrected chi connectivity index (χ1v) is 7.07. The molecule has 0 saturated carbocycles. The minimum atomic E-state index is -0.457. The number of amides is 1. The monoisotopic (exact) mass is 314 g/mol. The highest BCUT2D eigenvalue weighted by Crippen LogP contribution is 2.28. The van der Waals surface area contributed by atoms with Gasteiger partial charge in [0, 0.05) is 25.7 Å². The van der Waals surface area contributed by atoms with Crippen molar-refractivity contribution in [2.45, 2.75) is 13.5 Å². The van der Waals surface area contributed by atoms with Crippen LogP contribution in [-0.4, -0.2) is 29.8 Å². The zero-order valence-corrected chi connectivity index (χ0v) is 13.3. The van der Waals surface area contributed by atoms with Gasteiger partial charge < -0.3 is 9.64 Å². The Morgan fingerprint density at radius 1 is 1.17 bits per heavy atom. The second-order valence-electron chi connectivity index (χ2n) is 5.41. The molecule has 0 aliphatic carbocycles. The molecule has 0 unspecified atom stereocenters. The highest BCUT2D eigenvalue weighted by atomic mass is 16.6. The Morgan fingerprint density at radius 2 is 1.83 bits per heavy atom. The van der Waals surface area contributed by atoms with E-state index in [4.69, 9.17) is 4.74 Å². The number of rotatable bonds is 5. The van der Waals surface area contributed by atoms with Gasteiger partial charge in [-0.25, -0.2) is 0 Å². The van der Waals surface area contributed by atoms with Crippen molar-refractivity contribution in [3.63, 3.8) is 0 Å². The van der Waals surface area contributed by atoms with E-state index < -0.39 is 4.92 Å². The molecule has 0 heterocycles. The van der Waals surface area contributed by atoms with E-state index in [2.05, 4.69) is 0 Å². The molecule has 0 fully saturated rings. The van der Waals surface area contributed by atoms with Crippen molar-refractivity contribution >= 4 is 11.6 Å². The van der Waals surface area contributed by atoms with Gasteiger partial charge >= 0.3 is 5.69 Å². The summed E-state index contributed by atoms with van der Waals surface area (Å²) in [5.74, 6) is 0.153. The molecule has 0 aliphatic rings. The third-order valence-corrected chi connectivity index (χ3v) is 3.31. The van der Waals surface area contributed by atoms with Crippen LogP contribution in [0.15, 0.2) is 42.5 Å². The lowest BCUT2D eigenvalue weighted by atomic mass is 10.1. The smallest absolute Gasteiger partial charge is 0.311 e. The Balaban J connectivity index is 2.10. The van der Waals surface area contributed by atoms with Gasteiger partial charge in [-0.05, 0) is 36.2 Å². The van der Waals surface area contributed by atoms with Crippen LogP contribution in [0.1, 0.15) is 21.5 Å². The van der Waals surface area contributed by atoms with Gasteiger partial charge in [0.15, 0.2) is 5.75 Å². The van der Waals surface area contributed by atoms with Crippen molar-refractivity contribution in [3.05, 3.63) is 69.3 Å². The van der Waals surface area contributed by atoms with Crippen LogP contribution in [0.4, 0.5) is 5.69 Å². The van der Waals surface area contributed by atoms with E-state index in [1.54, 1.807) is 57.4 Å². The van der Waals surface area contributed by atoms with Gasteiger partial charge in [0.1, 0.15) is 6.61 Å². The lowest BCUT2D eigenvalue weighted by molar-refractivity contribution is -0.386. The van der Waals surface area contributed by atoms with Gasteiger partial charge in [0.25, 0.3) is 5.91 Å². The maximum Gasteiger partial charge on any atom is 0.311 e. The van der Waals surface area contributed by atoms with Gasteiger partial charge in [-0.15, -0.1) is 0 Å². The van der Waals surface area contributed by atoms with E-state index in [1.807, 2.05) is 0 Å². The minimum absolute atomic E-state index is 0.0515. The molecular weight excluding hydrogens is 296 g/mol. The summed E-state index contributed by atoms with van der Waals surface area (Å²) in [5, 5.41) is 11.1. The number of carbonyl (C=O) groups excluding carboxylic acids is 1. The van der Waals surface area contributed by atoms with Crippen molar-refractivity contribution in [1.82, 2.24) is 4.90 Å². The van der Waals surface area contributed by atoms with E-state index in [1.165, 1.54) is 11.0 Å². The summed E-state index contributed by atoms with van der Waals surface area (Å²) in [6, 6.07) is 11.8. The highest BCUT2D eigenvalue weighted by Gasteiger charge is 2.15. The number of aryl methyl sites for hydroxylation is 1. The van der Waals surface area contributed by atoms with Gasteiger partial charge in [-0.1, -0.05) is 18.2 Å². The zero-order valence-electron chi connectivity index (χ0n) is 13.3. The van der Waals surface area contributed by atoms with E-state index in [0.717, 1.165) is 11.1 Å². The molecule has 2 aromatic rings. The number of hydrogen-bond donors (Lipinski definition) is 0. The van der Waals surface area contributed by atoms with Crippen LogP contribution >= 0.6 is 0 Å². The van der Waals surface area contributed by atoms with Crippen LogP contribution in [0.2, 0.25) is 0 Å². The topological polar surface area (TPSA) is 72.7 Å². The largest absolute Gasteiger partial charge is 0.482 e. The molecule has 0 saturated heterocycles. The SMILES string of the molecule is Cc1ccc(OCc2ccc(C(=O)N(C)C)cc2)c([N+](=O)[O-])c1. The average Bonchev–Trinajstić information content (AvgIpc) is 2.53. The van der Waals surface area contributed by atoms with E-state index >= 15 is 0 Å². The molecule has 0 bridgehead atoms.